The monoisotopic (exact) mass is 372 g/mol. The van der Waals surface area contributed by atoms with E-state index in [4.69, 9.17) is 4.74 Å². The van der Waals surface area contributed by atoms with E-state index in [0.717, 1.165) is 11.1 Å². The first-order chi connectivity index (χ1) is 13.6. The molecule has 0 aliphatic carbocycles. The SMILES string of the molecule is CCOC(=O)c1cc(C#N)c(NCc2ccc(C)cc2)[nH+]c1-c1ccccc1. The van der Waals surface area contributed by atoms with Crippen molar-refractivity contribution in [2.45, 2.75) is 20.4 Å². The third-order valence-electron chi connectivity index (χ3n) is 4.35. The number of carbonyl (C=O) groups excluding carboxylic acids is 1. The number of esters is 1. The number of aromatic nitrogens is 1. The van der Waals surface area contributed by atoms with Crippen molar-refractivity contribution in [3.63, 3.8) is 0 Å². The standard InChI is InChI=1S/C23H21N3O2/c1-3-28-23(27)20-13-19(14-24)22(25-15-17-11-9-16(2)10-12-17)26-21(20)18-7-5-4-6-8-18/h4-13H,3,15H2,1-2H3,(H,25,26)/p+1. The summed E-state index contributed by atoms with van der Waals surface area (Å²) in [5, 5.41) is 12.9. The second-order valence-electron chi connectivity index (χ2n) is 6.38. The fourth-order valence-corrected chi connectivity index (χ4v) is 2.87. The van der Waals surface area contributed by atoms with Gasteiger partial charge in [0.25, 0.3) is 5.82 Å². The van der Waals surface area contributed by atoms with Crippen LogP contribution in [0.25, 0.3) is 11.3 Å². The first-order valence-corrected chi connectivity index (χ1v) is 9.14. The Kier molecular flexibility index (Phi) is 6.03. The number of nitrogens with zero attached hydrogens (tertiary/aromatic N) is 1. The van der Waals surface area contributed by atoms with Crippen molar-refractivity contribution in [1.82, 2.24) is 0 Å². The molecule has 0 saturated carbocycles. The zero-order chi connectivity index (χ0) is 19.9. The Labute approximate surface area is 164 Å². The summed E-state index contributed by atoms with van der Waals surface area (Å²) < 4.78 is 5.18. The van der Waals surface area contributed by atoms with Gasteiger partial charge >= 0.3 is 5.97 Å². The summed E-state index contributed by atoms with van der Waals surface area (Å²) in [6.45, 7) is 4.62. The van der Waals surface area contributed by atoms with E-state index in [-0.39, 0.29) is 6.61 Å². The molecule has 0 unspecified atom stereocenters. The number of aromatic amines is 1. The normalized spacial score (nSPS) is 10.2. The second kappa shape index (κ2) is 8.83. The van der Waals surface area contributed by atoms with Crippen molar-refractivity contribution >= 4 is 11.8 Å². The molecule has 0 saturated heterocycles. The highest BCUT2D eigenvalue weighted by molar-refractivity contribution is 5.96. The Morgan fingerprint density at radius 1 is 1.14 bits per heavy atom. The third kappa shape index (κ3) is 4.36. The zero-order valence-corrected chi connectivity index (χ0v) is 16.0. The molecule has 3 aromatic rings. The molecule has 2 N–H and O–H groups in total. The van der Waals surface area contributed by atoms with Crippen molar-refractivity contribution in [2.75, 3.05) is 11.9 Å². The number of nitriles is 1. The number of pyridine rings is 1. The average molecular weight is 372 g/mol. The Balaban J connectivity index is 2.01. The minimum atomic E-state index is -0.459. The fourth-order valence-electron chi connectivity index (χ4n) is 2.87. The van der Waals surface area contributed by atoms with Crippen LogP contribution in [0.5, 0.6) is 0 Å². The van der Waals surface area contributed by atoms with Crippen LogP contribution in [-0.2, 0) is 11.3 Å². The van der Waals surface area contributed by atoms with Crippen molar-refractivity contribution in [3.8, 4) is 17.3 Å². The van der Waals surface area contributed by atoms with Gasteiger partial charge in [-0.25, -0.2) is 9.78 Å². The average Bonchev–Trinajstić information content (AvgIpc) is 2.73. The van der Waals surface area contributed by atoms with Crippen molar-refractivity contribution in [1.29, 1.82) is 5.26 Å². The highest BCUT2D eigenvalue weighted by Crippen LogP contribution is 2.24. The number of ether oxygens (including phenoxy) is 1. The number of aryl methyl sites for hydroxylation is 1. The molecule has 28 heavy (non-hydrogen) atoms. The molecule has 0 aliphatic rings. The highest BCUT2D eigenvalue weighted by Gasteiger charge is 2.23. The quantitative estimate of drug-likeness (QED) is 0.660. The van der Waals surface area contributed by atoms with Gasteiger partial charge in [-0.15, -0.1) is 0 Å². The van der Waals surface area contributed by atoms with Gasteiger partial charge < -0.3 is 4.74 Å². The number of nitrogens with one attached hydrogen (secondary N) is 2. The molecule has 0 radical (unpaired) electrons. The minimum absolute atomic E-state index is 0.266. The van der Waals surface area contributed by atoms with Gasteiger partial charge in [-0.2, -0.15) is 5.26 Å². The number of rotatable bonds is 6. The number of benzene rings is 2. The van der Waals surface area contributed by atoms with E-state index in [0.29, 0.717) is 29.2 Å². The fraction of sp³-hybridized carbons (Fsp3) is 0.174. The minimum Gasteiger partial charge on any atom is -0.462 e. The van der Waals surface area contributed by atoms with E-state index >= 15 is 0 Å². The summed E-state index contributed by atoms with van der Waals surface area (Å²) in [5.74, 6) is 0.106. The first-order valence-electron chi connectivity index (χ1n) is 9.14. The largest absolute Gasteiger partial charge is 0.462 e. The predicted octanol–water partition coefficient (Wildman–Crippen LogP) is 4.14. The molecule has 0 spiro atoms. The molecule has 140 valence electrons. The van der Waals surface area contributed by atoms with Crippen LogP contribution in [0.3, 0.4) is 0 Å². The maximum absolute atomic E-state index is 12.5. The van der Waals surface area contributed by atoms with Gasteiger partial charge in [-0.1, -0.05) is 60.2 Å². The lowest BCUT2D eigenvalue weighted by molar-refractivity contribution is -0.348. The summed E-state index contributed by atoms with van der Waals surface area (Å²) in [5.41, 5.74) is 4.44. The van der Waals surface area contributed by atoms with Crippen molar-refractivity contribution in [3.05, 3.63) is 82.9 Å². The number of hydrogen-bond acceptors (Lipinski definition) is 4. The Morgan fingerprint density at radius 3 is 2.50 bits per heavy atom. The second-order valence-corrected chi connectivity index (χ2v) is 6.38. The van der Waals surface area contributed by atoms with Crippen LogP contribution in [0.2, 0.25) is 0 Å². The molecule has 5 nitrogen and oxygen atoms in total. The first kappa shape index (κ1) is 19.1. The molecule has 2 aromatic carbocycles. The zero-order valence-electron chi connectivity index (χ0n) is 16.0. The summed E-state index contributed by atoms with van der Waals surface area (Å²) in [7, 11) is 0. The van der Waals surface area contributed by atoms with Crippen LogP contribution in [-0.4, -0.2) is 12.6 Å². The molecule has 1 aromatic heterocycles. The van der Waals surface area contributed by atoms with Crippen LogP contribution < -0.4 is 10.3 Å². The van der Waals surface area contributed by atoms with Gasteiger partial charge in [0, 0.05) is 5.56 Å². The number of H-pyrrole nitrogens is 1. The van der Waals surface area contributed by atoms with Crippen molar-refractivity contribution in [2.24, 2.45) is 0 Å². The van der Waals surface area contributed by atoms with Gasteiger partial charge in [0.15, 0.2) is 0 Å². The van der Waals surface area contributed by atoms with E-state index in [9.17, 15) is 10.1 Å². The van der Waals surface area contributed by atoms with E-state index in [1.165, 1.54) is 5.56 Å². The molecule has 0 amide bonds. The smallest absolute Gasteiger partial charge is 0.342 e. The molecular weight excluding hydrogens is 350 g/mol. The van der Waals surface area contributed by atoms with Crippen LogP contribution in [0, 0.1) is 18.3 Å². The van der Waals surface area contributed by atoms with Gasteiger partial charge in [-0.05, 0) is 25.5 Å². The van der Waals surface area contributed by atoms with Gasteiger partial charge in [-0.3, -0.25) is 5.32 Å². The Hall–Kier alpha value is -3.65. The van der Waals surface area contributed by atoms with Crippen LogP contribution in [0.1, 0.15) is 34.0 Å². The number of carbonyl (C=O) groups is 1. The summed E-state index contributed by atoms with van der Waals surface area (Å²) in [6, 6.07) is 21.4. The van der Waals surface area contributed by atoms with E-state index in [1.54, 1.807) is 13.0 Å². The van der Waals surface area contributed by atoms with Crippen LogP contribution >= 0.6 is 0 Å². The molecule has 0 aliphatic heterocycles. The highest BCUT2D eigenvalue weighted by atomic mass is 16.5. The topological polar surface area (TPSA) is 76.3 Å². The third-order valence-corrected chi connectivity index (χ3v) is 4.35. The van der Waals surface area contributed by atoms with Gasteiger partial charge in [0.1, 0.15) is 29.4 Å². The number of hydrogen-bond donors (Lipinski definition) is 1. The molecule has 0 atom stereocenters. The lowest BCUT2D eigenvalue weighted by Crippen LogP contribution is -2.22. The van der Waals surface area contributed by atoms with Gasteiger partial charge in [0.2, 0.25) is 0 Å². The van der Waals surface area contributed by atoms with Crippen LogP contribution in [0.15, 0.2) is 60.7 Å². The van der Waals surface area contributed by atoms with E-state index < -0.39 is 5.97 Å². The summed E-state index contributed by atoms with van der Waals surface area (Å²) >= 11 is 0. The predicted molar refractivity (Wildman–Crippen MR) is 108 cm³/mol. The maximum Gasteiger partial charge on any atom is 0.342 e. The molecule has 0 fully saturated rings. The molecule has 5 heteroatoms. The molecule has 3 rings (SSSR count). The van der Waals surface area contributed by atoms with Crippen molar-refractivity contribution < 1.29 is 14.5 Å². The number of anilines is 1. The molecule has 1 heterocycles. The summed E-state index contributed by atoms with van der Waals surface area (Å²) in [6.07, 6.45) is 0. The molecular formula is C23H22N3O2+. The lowest BCUT2D eigenvalue weighted by atomic mass is 10.0. The van der Waals surface area contributed by atoms with Crippen LogP contribution in [0.4, 0.5) is 5.82 Å². The van der Waals surface area contributed by atoms with E-state index in [2.05, 4.69) is 16.4 Å². The Bertz CT molecular complexity index is 1010. The summed E-state index contributed by atoms with van der Waals surface area (Å²) in [4.78, 5) is 15.7. The van der Waals surface area contributed by atoms with Gasteiger partial charge in [0.05, 0.1) is 6.61 Å². The molecule has 0 bridgehead atoms. The lowest BCUT2D eigenvalue weighted by Gasteiger charge is -2.10. The Morgan fingerprint density at radius 2 is 1.86 bits per heavy atom. The van der Waals surface area contributed by atoms with E-state index in [1.807, 2.05) is 61.5 Å². The maximum atomic E-state index is 12.5.